The van der Waals surface area contributed by atoms with Crippen LogP contribution in [0.5, 0.6) is 0 Å². The molecule has 0 atom stereocenters. The van der Waals surface area contributed by atoms with Crippen molar-refractivity contribution in [2.75, 3.05) is 13.6 Å². The van der Waals surface area contributed by atoms with Gasteiger partial charge in [-0.25, -0.2) is 0 Å². The maximum Gasteiger partial charge on any atom is 0.0775 e. The molecule has 0 aliphatic carbocycles. The zero-order chi connectivity index (χ0) is 15.3. The van der Waals surface area contributed by atoms with Crippen LogP contribution in [-0.4, -0.2) is 31.6 Å². The van der Waals surface area contributed by atoms with Gasteiger partial charge in [0.15, 0.2) is 0 Å². The summed E-state index contributed by atoms with van der Waals surface area (Å²) in [5.74, 6) is 0. The van der Waals surface area contributed by atoms with Crippen molar-refractivity contribution in [3.8, 4) is 0 Å². The highest BCUT2D eigenvalue weighted by Crippen LogP contribution is 2.07. The van der Waals surface area contributed by atoms with E-state index in [-0.39, 0.29) is 0 Å². The lowest BCUT2D eigenvalue weighted by atomic mass is 10.2. The smallest absolute Gasteiger partial charge is 0.0775 e. The van der Waals surface area contributed by atoms with Crippen LogP contribution in [0.25, 0.3) is 0 Å². The lowest BCUT2D eigenvalue weighted by Crippen LogP contribution is -2.37. The summed E-state index contributed by atoms with van der Waals surface area (Å²) >= 11 is 0. The highest BCUT2D eigenvalue weighted by atomic mass is 28.3. The minimum absolute atomic E-state index is 0.999. The van der Waals surface area contributed by atoms with E-state index in [0.29, 0.717) is 0 Å². The van der Waals surface area contributed by atoms with Crippen molar-refractivity contribution in [1.82, 2.24) is 9.88 Å². The molecular weight excluding hydrogens is 272 g/mol. The van der Waals surface area contributed by atoms with E-state index in [9.17, 15) is 0 Å². The number of likely N-dealkylation sites (N-methyl/N-ethyl adjacent to an activating group) is 1. The van der Waals surface area contributed by atoms with Gasteiger partial charge in [0.05, 0.1) is 8.07 Å². The highest BCUT2D eigenvalue weighted by molar-refractivity contribution is 6.88. The van der Waals surface area contributed by atoms with Gasteiger partial charge >= 0.3 is 0 Å². The van der Waals surface area contributed by atoms with Gasteiger partial charge in [0.25, 0.3) is 0 Å². The molecule has 0 fully saturated rings. The van der Waals surface area contributed by atoms with Crippen LogP contribution in [0.2, 0.25) is 19.6 Å². The number of nitrogens with zero attached hydrogens (tertiary/aromatic N) is 2. The molecule has 0 saturated carbocycles. The molecule has 112 valence electrons. The summed E-state index contributed by atoms with van der Waals surface area (Å²) in [5.41, 5.74) is 2.55. The Morgan fingerprint density at radius 1 is 1.00 bits per heavy atom. The first-order valence-electron chi connectivity index (χ1n) is 7.63. The summed E-state index contributed by atoms with van der Waals surface area (Å²) < 4.78 is 0. The van der Waals surface area contributed by atoms with Crippen LogP contribution in [0.3, 0.4) is 0 Å². The lowest BCUT2D eigenvalue weighted by molar-refractivity contribution is 0.330. The molecular formula is C18H26N2Si. The monoisotopic (exact) mass is 298 g/mol. The molecule has 0 spiro atoms. The second-order valence-electron chi connectivity index (χ2n) is 6.76. The molecule has 1 heterocycles. The highest BCUT2D eigenvalue weighted by Gasteiger charge is 2.15. The maximum absolute atomic E-state index is 4.37. The Bertz CT molecular complexity index is 544. The van der Waals surface area contributed by atoms with Crippen molar-refractivity contribution >= 4 is 13.3 Å². The van der Waals surface area contributed by atoms with E-state index in [1.807, 2.05) is 12.3 Å². The van der Waals surface area contributed by atoms with E-state index < -0.39 is 8.07 Å². The predicted molar refractivity (Wildman–Crippen MR) is 93.7 cm³/mol. The first kappa shape index (κ1) is 15.9. The summed E-state index contributed by atoms with van der Waals surface area (Å²) in [7, 11) is 0.999. The zero-order valence-corrected chi connectivity index (χ0v) is 14.6. The summed E-state index contributed by atoms with van der Waals surface area (Å²) in [4.78, 5) is 6.73. The van der Waals surface area contributed by atoms with Crippen molar-refractivity contribution in [1.29, 1.82) is 0 Å². The Balaban J connectivity index is 1.86. The van der Waals surface area contributed by atoms with Crippen LogP contribution in [0.1, 0.15) is 11.3 Å². The Morgan fingerprint density at radius 2 is 1.71 bits per heavy atom. The van der Waals surface area contributed by atoms with Crippen molar-refractivity contribution in [3.05, 3.63) is 59.9 Å². The van der Waals surface area contributed by atoms with Crippen molar-refractivity contribution in [2.24, 2.45) is 0 Å². The molecule has 1 aromatic heterocycles. The van der Waals surface area contributed by atoms with Gasteiger partial charge in [-0.15, -0.1) is 0 Å². The van der Waals surface area contributed by atoms with Crippen molar-refractivity contribution < 1.29 is 0 Å². The van der Waals surface area contributed by atoms with Crippen LogP contribution in [0.15, 0.2) is 48.7 Å². The standard InChI is InChI=1S/C18H26N2Si/c1-20(14-12-17-7-5-6-13-19-17)15-16-8-10-18(11-9-16)21(2,3)4/h5-11,13H,12,14-15H2,1-4H3. The molecule has 0 unspecified atom stereocenters. The van der Waals surface area contributed by atoms with E-state index in [1.165, 1.54) is 16.4 Å². The fourth-order valence-corrected chi connectivity index (χ4v) is 3.52. The number of pyridine rings is 1. The Labute approximate surface area is 129 Å². The third kappa shape index (κ3) is 5.10. The third-order valence-corrected chi connectivity index (χ3v) is 5.81. The first-order chi connectivity index (χ1) is 9.95. The zero-order valence-electron chi connectivity index (χ0n) is 13.6. The number of benzene rings is 1. The number of rotatable bonds is 6. The molecule has 0 bridgehead atoms. The summed E-state index contributed by atoms with van der Waals surface area (Å²) in [6.45, 7) is 9.20. The Hall–Kier alpha value is -1.45. The molecule has 1 aromatic carbocycles. The molecule has 2 aromatic rings. The van der Waals surface area contributed by atoms with E-state index >= 15 is 0 Å². The van der Waals surface area contributed by atoms with Gasteiger partial charge in [0.2, 0.25) is 0 Å². The second-order valence-corrected chi connectivity index (χ2v) is 11.8. The summed E-state index contributed by atoms with van der Waals surface area (Å²) in [6, 6.07) is 15.3. The molecule has 2 rings (SSSR count). The second kappa shape index (κ2) is 7.01. The molecule has 0 amide bonds. The van der Waals surface area contributed by atoms with Gasteiger partial charge < -0.3 is 4.90 Å². The predicted octanol–water partition coefficient (Wildman–Crippen LogP) is 3.30. The topological polar surface area (TPSA) is 16.1 Å². The molecule has 0 N–H and O–H groups in total. The van der Waals surface area contributed by atoms with Crippen LogP contribution in [-0.2, 0) is 13.0 Å². The molecule has 2 nitrogen and oxygen atoms in total. The molecule has 0 radical (unpaired) electrons. The number of hydrogen-bond donors (Lipinski definition) is 0. The van der Waals surface area contributed by atoms with Gasteiger partial charge in [0, 0.05) is 31.4 Å². The Morgan fingerprint density at radius 3 is 2.29 bits per heavy atom. The van der Waals surface area contributed by atoms with Crippen LogP contribution >= 0.6 is 0 Å². The largest absolute Gasteiger partial charge is 0.302 e. The lowest BCUT2D eigenvalue weighted by Gasteiger charge is -2.19. The average Bonchev–Trinajstić information content (AvgIpc) is 2.46. The quantitative estimate of drug-likeness (QED) is 0.761. The number of aromatic nitrogens is 1. The van der Waals surface area contributed by atoms with E-state index in [2.05, 4.69) is 73.0 Å². The minimum atomic E-state index is -1.18. The van der Waals surface area contributed by atoms with Crippen LogP contribution < -0.4 is 5.19 Å². The summed E-state index contributed by atoms with van der Waals surface area (Å²) in [6.07, 6.45) is 2.87. The third-order valence-electron chi connectivity index (χ3n) is 3.75. The maximum atomic E-state index is 4.37. The minimum Gasteiger partial charge on any atom is -0.302 e. The average molecular weight is 299 g/mol. The van der Waals surface area contributed by atoms with E-state index in [4.69, 9.17) is 0 Å². The van der Waals surface area contributed by atoms with Gasteiger partial charge in [0.1, 0.15) is 0 Å². The van der Waals surface area contributed by atoms with Gasteiger partial charge in [-0.05, 0) is 24.7 Å². The van der Waals surface area contributed by atoms with Crippen molar-refractivity contribution in [3.63, 3.8) is 0 Å². The summed E-state index contributed by atoms with van der Waals surface area (Å²) in [5, 5.41) is 1.53. The molecule has 0 aliphatic rings. The molecule has 0 saturated heterocycles. The normalized spacial score (nSPS) is 11.9. The van der Waals surface area contributed by atoms with Crippen LogP contribution in [0.4, 0.5) is 0 Å². The van der Waals surface area contributed by atoms with Crippen molar-refractivity contribution in [2.45, 2.75) is 32.6 Å². The van der Waals surface area contributed by atoms with Crippen LogP contribution in [0, 0.1) is 0 Å². The van der Waals surface area contributed by atoms with Gasteiger partial charge in [-0.3, -0.25) is 4.98 Å². The number of hydrogen-bond acceptors (Lipinski definition) is 2. The molecule has 21 heavy (non-hydrogen) atoms. The van der Waals surface area contributed by atoms with E-state index in [1.54, 1.807) is 0 Å². The van der Waals surface area contributed by atoms with E-state index in [0.717, 1.165) is 19.5 Å². The van der Waals surface area contributed by atoms with Gasteiger partial charge in [-0.1, -0.05) is 55.2 Å². The van der Waals surface area contributed by atoms with Gasteiger partial charge in [-0.2, -0.15) is 0 Å². The first-order valence-corrected chi connectivity index (χ1v) is 11.1. The Kier molecular flexibility index (Phi) is 5.31. The molecule has 0 aliphatic heterocycles. The fraction of sp³-hybridized carbons (Fsp3) is 0.389. The SMILES string of the molecule is CN(CCc1ccccn1)Cc1ccc([Si](C)(C)C)cc1. The molecule has 3 heteroatoms. The fourth-order valence-electron chi connectivity index (χ4n) is 2.35.